The van der Waals surface area contributed by atoms with Crippen LogP contribution in [0.4, 0.5) is 0 Å². The van der Waals surface area contributed by atoms with Crippen LogP contribution in [-0.4, -0.2) is 69.4 Å². The van der Waals surface area contributed by atoms with Gasteiger partial charge in [-0.1, -0.05) is 6.42 Å². The number of amides is 1. The molecular formula is C18H24N2O6S. The summed E-state index contributed by atoms with van der Waals surface area (Å²) in [5.41, 5.74) is 0. The van der Waals surface area contributed by atoms with E-state index in [9.17, 15) is 18.0 Å². The van der Waals surface area contributed by atoms with Crippen molar-refractivity contribution in [1.82, 2.24) is 9.21 Å². The first-order chi connectivity index (χ1) is 12.9. The molecule has 0 spiro atoms. The summed E-state index contributed by atoms with van der Waals surface area (Å²) in [5, 5.41) is 0. The van der Waals surface area contributed by atoms with Crippen LogP contribution >= 0.6 is 0 Å². The van der Waals surface area contributed by atoms with Crippen molar-refractivity contribution < 1.29 is 27.5 Å². The van der Waals surface area contributed by atoms with E-state index in [1.54, 1.807) is 12.1 Å². The predicted molar refractivity (Wildman–Crippen MR) is 96.6 cm³/mol. The number of rotatable bonds is 6. The summed E-state index contributed by atoms with van der Waals surface area (Å²) in [6, 6.07) is 6.21. The zero-order valence-electron chi connectivity index (χ0n) is 15.3. The van der Waals surface area contributed by atoms with Crippen LogP contribution in [0.25, 0.3) is 0 Å². The van der Waals surface area contributed by atoms with E-state index >= 15 is 0 Å². The zero-order chi connectivity index (χ0) is 19.4. The Bertz CT molecular complexity index is 781. The highest BCUT2D eigenvalue weighted by molar-refractivity contribution is 7.89. The molecule has 0 unspecified atom stereocenters. The molecule has 3 rings (SSSR count). The van der Waals surface area contributed by atoms with Crippen molar-refractivity contribution in [1.29, 1.82) is 0 Å². The molecule has 1 saturated heterocycles. The zero-order valence-corrected chi connectivity index (χ0v) is 16.1. The summed E-state index contributed by atoms with van der Waals surface area (Å²) < 4.78 is 36.9. The molecule has 148 valence electrons. The quantitative estimate of drug-likeness (QED) is 0.663. The summed E-state index contributed by atoms with van der Waals surface area (Å²) in [6.45, 7) is 0.679. The third kappa shape index (κ3) is 4.41. The van der Waals surface area contributed by atoms with Crippen LogP contribution in [0.1, 0.15) is 19.3 Å². The van der Waals surface area contributed by atoms with Crippen molar-refractivity contribution in [2.45, 2.75) is 24.2 Å². The van der Waals surface area contributed by atoms with Gasteiger partial charge in [0.15, 0.2) is 6.61 Å². The minimum atomic E-state index is -3.61. The van der Waals surface area contributed by atoms with Crippen molar-refractivity contribution >= 4 is 21.9 Å². The number of carbonyl (C=O) groups excluding carboxylic acids is 2. The second kappa shape index (κ2) is 8.26. The Morgan fingerprint density at radius 3 is 2.22 bits per heavy atom. The molecule has 2 fully saturated rings. The number of hydrogen-bond acceptors (Lipinski definition) is 6. The van der Waals surface area contributed by atoms with Crippen molar-refractivity contribution in [2.24, 2.45) is 5.92 Å². The standard InChI is InChI=1S/C18H24N2O6S/c1-25-15-5-7-16(8-6-15)27(23,24)20-11-9-19(10-12-20)17(21)13-26-18(22)14-3-2-4-14/h5-8,14H,2-4,9-13H2,1H3. The molecule has 0 aromatic heterocycles. The maximum atomic E-state index is 12.7. The molecule has 1 heterocycles. The topological polar surface area (TPSA) is 93.2 Å². The van der Waals surface area contributed by atoms with E-state index < -0.39 is 10.0 Å². The molecule has 1 aromatic rings. The highest BCUT2D eigenvalue weighted by atomic mass is 32.2. The summed E-state index contributed by atoms with van der Waals surface area (Å²) in [6.07, 6.45) is 2.68. The molecule has 8 nitrogen and oxygen atoms in total. The molecule has 1 aliphatic carbocycles. The summed E-state index contributed by atoms with van der Waals surface area (Å²) in [5.74, 6) is -0.0791. The Balaban J connectivity index is 1.51. The van der Waals surface area contributed by atoms with E-state index in [-0.39, 0.29) is 55.5 Å². The number of esters is 1. The highest BCUT2D eigenvalue weighted by Crippen LogP contribution is 2.27. The average Bonchev–Trinajstić information content (AvgIpc) is 2.65. The number of methoxy groups -OCH3 is 1. The van der Waals surface area contributed by atoms with Gasteiger partial charge in [-0.3, -0.25) is 9.59 Å². The fraction of sp³-hybridized carbons (Fsp3) is 0.556. The molecule has 1 aliphatic heterocycles. The summed E-state index contributed by atoms with van der Waals surface area (Å²) >= 11 is 0. The van der Waals surface area contributed by atoms with Crippen LogP contribution in [0.15, 0.2) is 29.2 Å². The normalized spacial score (nSPS) is 18.6. The van der Waals surface area contributed by atoms with Gasteiger partial charge in [0.05, 0.1) is 17.9 Å². The van der Waals surface area contributed by atoms with Crippen molar-refractivity contribution in [3.05, 3.63) is 24.3 Å². The fourth-order valence-electron chi connectivity index (χ4n) is 3.06. The first-order valence-corrected chi connectivity index (χ1v) is 10.4. The van der Waals surface area contributed by atoms with E-state index in [0.717, 1.165) is 19.3 Å². The number of hydrogen-bond donors (Lipinski definition) is 0. The molecular weight excluding hydrogens is 372 g/mol. The molecule has 9 heteroatoms. The second-order valence-corrected chi connectivity index (χ2v) is 8.63. The number of sulfonamides is 1. The van der Waals surface area contributed by atoms with Crippen molar-refractivity contribution in [3.63, 3.8) is 0 Å². The van der Waals surface area contributed by atoms with Crippen molar-refractivity contribution in [2.75, 3.05) is 39.9 Å². The first-order valence-electron chi connectivity index (χ1n) is 9.00. The van der Waals surface area contributed by atoms with E-state index in [2.05, 4.69) is 0 Å². The molecule has 1 aromatic carbocycles. The smallest absolute Gasteiger partial charge is 0.309 e. The van der Waals surface area contributed by atoms with E-state index in [0.29, 0.717) is 5.75 Å². The number of benzene rings is 1. The van der Waals surface area contributed by atoms with Gasteiger partial charge in [0, 0.05) is 26.2 Å². The highest BCUT2D eigenvalue weighted by Gasteiger charge is 2.31. The lowest BCUT2D eigenvalue weighted by Crippen LogP contribution is -2.51. The van der Waals surface area contributed by atoms with Crippen LogP contribution in [0.3, 0.4) is 0 Å². The third-order valence-corrected chi connectivity index (χ3v) is 6.98. The molecule has 1 saturated carbocycles. The Labute approximate surface area is 159 Å². The van der Waals surface area contributed by atoms with Crippen LogP contribution in [0.2, 0.25) is 0 Å². The van der Waals surface area contributed by atoms with Gasteiger partial charge in [0.25, 0.3) is 5.91 Å². The number of carbonyl (C=O) groups is 2. The lowest BCUT2D eigenvalue weighted by molar-refractivity contribution is -0.158. The van der Waals surface area contributed by atoms with Gasteiger partial charge in [-0.05, 0) is 37.1 Å². The maximum Gasteiger partial charge on any atom is 0.309 e. The Kier molecular flexibility index (Phi) is 6.01. The molecule has 0 N–H and O–H groups in total. The summed E-state index contributed by atoms with van der Waals surface area (Å²) in [7, 11) is -2.10. The van der Waals surface area contributed by atoms with Crippen LogP contribution in [0.5, 0.6) is 5.75 Å². The molecule has 0 bridgehead atoms. The minimum absolute atomic E-state index is 0.0655. The Hall–Kier alpha value is -2.13. The van der Waals surface area contributed by atoms with E-state index in [4.69, 9.17) is 9.47 Å². The van der Waals surface area contributed by atoms with Crippen LogP contribution in [0, 0.1) is 5.92 Å². The third-order valence-electron chi connectivity index (χ3n) is 5.06. The van der Waals surface area contributed by atoms with E-state index in [1.807, 2.05) is 0 Å². The number of nitrogens with zero attached hydrogens (tertiary/aromatic N) is 2. The fourth-order valence-corrected chi connectivity index (χ4v) is 4.48. The number of piperazine rings is 1. The monoisotopic (exact) mass is 396 g/mol. The second-order valence-electron chi connectivity index (χ2n) is 6.70. The first kappa shape index (κ1) is 19.6. The predicted octanol–water partition coefficient (Wildman–Crippen LogP) is 0.871. The molecule has 2 aliphatic rings. The van der Waals surface area contributed by atoms with Gasteiger partial charge >= 0.3 is 5.97 Å². The van der Waals surface area contributed by atoms with E-state index in [1.165, 1.54) is 28.4 Å². The van der Waals surface area contributed by atoms with Crippen LogP contribution in [-0.2, 0) is 24.3 Å². The number of ether oxygens (including phenoxy) is 2. The molecule has 27 heavy (non-hydrogen) atoms. The van der Waals surface area contributed by atoms with Gasteiger partial charge in [0.1, 0.15) is 5.75 Å². The lowest BCUT2D eigenvalue weighted by Gasteiger charge is -2.34. The van der Waals surface area contributed by atoms with Gasteiger partial charge in [-0.2, -0.15) is 4.31 Å². The van der Waals surface area contributed by atoms with Gasteiger partial charge in [-0.15, -0.1) is 0 Å². The molecule has 1 amide bonds. The molecule has 0 radical (unpaired) electrons. The Morgan fingerprint density at radius 1 is 1.07 bits per heavy atom. The largest absolute Gasteiger partial charge is 0.497 e. The lowest BCUT2D eigenvalue weighted by atomic mass is 9.86. The van der Waals surface area contributed by atoms with Crippen molar-refractivity contribution in [3.8, 4) is 5.75 Å². The Morgan fingerprint density at radius 2 is 1.70 bits per heavy atom. The van der Waals surface area contributed by atoms with Gasteiger partial charge < -0.3 is 14.4 Å². The van der Waals surface area contributed by atoms with Crippen LogP contribution < -0.4 is 4.74 Å². The maximum absolute atomic E-state index is 12.7. The average molecular weight is 396 g/mol. The summed E-state index contributed by atoms with van der Waals surface area (Å²) in [4.78, 5) is 25.6. The minimum Gasteiger partial charge on any atom is -0.497 e. The molecule has 0 atom stereocenters. The van der Waals surface area contributed by atoms with Gasteiger partial charge in [0.2, 0.25) is 10.0 Å². The SMILES string of the molecule is COc1ccc(S(=O)(=O)N2CCN(C(=O)COC(=O)C3CCC3)CC2)cc1. The van der Waals surface area contributed by atoms with Gasteiger partial charge in [-0.25, -0.2) is 8.42 Å².